The van der Waals surface area contributed by atoms with E-state index in [1.165, 1.54) is 0 Å². The van der Waals surface area contributed by atoms with Crippen LogP contribution in [0.4, 0.5) is 0 Å². The first-order valence-electron chi connectivity index (χ1n) is 6.14. The van der Waals surface area contributed by atoms with Crippen LogP contribution in [0.2, 0.25) is 0 Å². The Hall–Kier alpha value is -1.03. The standard InChI is InChI=1S/C14H15Cl2NO2/c1-2-17-11(8-13(15)16)14(18)10-4-3-9-5-6-19-12(9)7-10/h3-7,11,13,17H,2,8H2,1H3. The summed E-state index contributed by atoms with van der Waals surface area (Å²) in [6, 6.07) is 6.89. The van der Waals surface area contributed by atoms with Gasteiger partial charge in [0.15, 0.2) is 5.78 Å². The highest BCUT2D eigenvalue weighted by Crippen LogP contribution is 2.20. The molecule has 1 N–H and O–H groups in total. The molecule has 0 aliphatic rings. The van der Waals surface area contributed by atoms with E-state index in [0.29, 0.717) is 24.1 Å². The molecule has 5 heteroatoms. The van der Waals surface area contributed by atoms with Crippen molar-refractivity contribution in [1.82, 2.24) is 5.32 Å². The van der Waals surface area contributed by atoms with Crippen LogP contribution in [-0.4, -0.2) is 23.2 Å². The van der Waals surface area contributed by atoms with Crippen LogP contribution in [0.5, 0.6) is 0 Å². The Bertz CT molecular complexity index is 565. The van der Waals surface area contributed by atoms with Gasteiger partial charge in [-0.3, -0.25) is 4.79 Å². The number of halogens is 2. The fourth-order valence-corrected chi connectivity index (χ4v) is 2.37. The van der Waals surface area contributed by atoms with E-state index in [9.17, 15) is 4.79 Å². The third kappa shape index (κ3) is 3.50. The third-order valence-corrected chi connectivity index (χ3v) is 3.28. The van der Waals surface area contributed by atoms with Crippen LogP contribution in [0.25, 0.3) is 11.0 Å². The first kappa shape index (κ1) is 14.4. The Balaban J connectivity index is 2.24. The van der Waals surface area contributed by atoms with Gasteiger partial charge in [-0.05, 0) is 18.7 Å². The number of furan rings is 1. The second kappa shape index (κ2) is 6.42. The number of likely N-dealkylation sites (N-methyl/N-ethyl adjacent to an activating group) is 1. The summed E-state index contributed by atoms with van der Waals surface area (Å²) in [4.78, 5) is 11.8. The van der Waals surface area contributed by atoms with Crippen LogP contribution < -0.4 is 5.32 Å². The van der Waals surface area contributed by atoms with E-state index in [2.05, 4.69) is 5.32 Å². The van der Waals surface area contributed by atoms with Crippen molar-refractivity contribution in [3.05, 3.63) is 36.1 Å². The zero-order valence-corrected chi connectivity index (χ0v) is 12.0. The Morgan fingerprint density at radius 2 is 2.16 bits per heavy atom. The molecule has 0 saturated heterocycles. The zero-order chi connectivity index (χ0) is 13.8. The molecule has 0 bridgehead atoms. The molecular formula is C14H15Cl2NO2. The average molecular weight is 300 g/mol. The van der Waals surface area contributed by atoms with Crippen molar-refractivity contribution in [3.63, 3.8) is 0 Å². The quantitative estimate of drug-likeness (QED) is 0.652. The summed E-state index contributed by atoms with van der Waals surface area (Å²) in [5, 5.41) is 4.08. The van der Waals surface area contributed by atoms with Gasteiger partial charge in [-0.25, -0.2) is 0 Å². The Labute approximate surface area is 121 Å². The molecule has 0 spiro atoms. The lowest BCUT2D eigenvalue weighted by Crippen LogP contribution is -2.38. The molecular weight excluding hydrogens is 285 g/mol. The summed E-state index contributed by atoms with van der Waals surface area (Å²) in [6.45, 7) is 2.62. The molecule has 0 amide bonds. The number of fused-ring (bicyclic) bond motifs is 1. The van der Waals surface area contributed by atoms with Gasteiger partial charge in [0.2, 0.25) is 0 Å². The number of carbonyl (C=O) groups excluding carboxylic acids is 1. The fraction of sp³-hybridized carbons (Fsp3) is 0.357. The topological polar surface area (TPSA) is 42.2 Å². The summed E-state index contributed by atoms with van der Waals surface area (Å²) < 4.78 is 5.30. The molecule has 3 nitrogen and oxygen atoms in total. The molecule has 19 heavy (non-hydrogen) atoms. The fourth-order valence-electron chi connectivity index (χ4n) is 2.02. The monoisotopic (exact) mass is 299 g/mol. The molecule has 1 aromatic carbocycles. The number of benzene rings is 1. The number of carbonyl (C=O) groups is 1. The minimum atomic E-state index is -0.569. The van der Waals surface area contributed by atoms with Crippen LogP contribution in [-0.2, 0) is 0 Å². The molecule has 1 heterocycles. The minimum Gasteiger partial charge on any atom is -0.464 e. The second-order valence-corrected chi connectivity index (χ2v) is 5.55. The van der Waals surface area contributed by atoms with Gasteiger partial charge >= 0.3 is 0 Å². The van der Waals surface area contributed by atoms with E-state index in [1.54, 1.807) is 18.4 Å². The summed E-state index contributed by atoms with van der Waals surface area (Å²) in [6.07, 6.45) is 1.99. The zero-order valence-electron chi connectivity index (χ0n) is 10.5. The van der Waals surface area contributed by atoms with Gasteiger partial charge in [0.25, 0.3) is 0 Å². The summed E-state index contributed by atoms with van der Waals surface area (Å²) in [7, 11) is 0. The van der Waals surface area contributed by atoms with Crippen LogP contribution >= 0.6 is 23.2 Å². The molecule has 0 fully saturated rings. The predicted molar refractivity (Wildman–Crippen MR) is 78.1 cm³/mol. The van der Waals surface area contributed by atoms with Gasteiger partial charge in [-0.15, -0.1) is 23.2 Å². The van der Waals surface area contributed by atoms with E-state index in [1.807, 2.05) is 19.1 Å². The molecule has 1 unspecified atom stereocenters. The lowest BCUT2D eigenvalue weighted by molar-refractivity contribution is 0.0941. The molecule has 1 aromatic heterocycles. The first-order chi connectivity index (χ1) is 9.11. The smallest absolute Gasteiger partial charge is 0.179 e. The van der Waals surface area contributed by atoms with Crippen molar-refractivity contribution in [1.29, 1.82) is 0 Å². The second-order valence-electron chi connectivity index (χ2n) is 4.27. The Kier molecular flexibility index (Phi) is 4.86. The average Bonchev–Trinajstić information content (AvgIpc) is 2.84. The van der Waals surface area contributed by atoms with Crippen LogP contribution in [0.15, 0.2) is 34.9 Å². The Morgan fingerprint density at radius 1 is 1.37 bits per heavy atom. The lowest BCUT2D eigenvalue weighted by atomic mass is 10.0. The van der Waals surface area contributed by atoms with Crippen molar-refractivity contribution in [3.8, 4) is 0 Å². The number of hydrogen-bond acceptors (Lipinski definition) is 3. The highest BCUT2D eigenvalue weighted by molar-refractivity contribution is 6.44. The van der Waals surface area contributed by atoms with Gasteiger partial charge in [0, 0.05) is 17.4 Å². The molecule has 102 valence electrons. The maximum atomic E-state index is 12.4. The van der Waals surface area contributed by atoms with Crippen molar-refractivity contribution >= 4 is 40.0 Å². The molecule has 2 aromatic rings. The first-order valence-corrected chi connectivity index (χ1v) is 7.02. The van der Waals surface area contributed by atoms with E-state index in [4.69, 9.17) is 27.6 Å². The summed E-state index contributed by atoms with van der Waals surface area (Å²) >= 11 is 11.5. The van der Waals surface area contributed by atoms with Crippen molar-refractivity contribution in [2.24, 2.45) is 0 Å². The minimum absolute atomic E-state index is 0.0218. The normalized spacial score (nSPS) is 13.1. The molecule has 0 saturated carbocycles. The number of rotatable bonds is 6. The van der Waals surface area contributed by atoms with Crippen LogP contribution in [0.1, 0.15) is 23.7 Å². The number of ketones is 1. The third-order valence-electron chi connectivity index (χ3n) is 2.92. The SMILES string of the molecule is CCNC(CC(Cl)Cl)C(=O)c1ccc2ccoc2c1. The summed E-state index contributed by atoms with van der Waals surface area (Å²) in [5.74, 6) is -0.0218. The van der Waals surface area contributed by atoms with E-state index >= 15 is 0 Å². The van der Waals surface area contributed by atoms with Crippen molar-refractivity contribution < 1.29 is 9.21 Å². The maximum absolute atomic E-state index is 12.4. The molecule has 1 atom stereocenters. The predicted octanol–water partition coefficient (Wildman–Crippen LogP) is 3.79. The van der Waals surface area contributed by atoms with E-state index in [0.717, 1.165) is 5.39 Å². The van der Waals surface area contributed by atoms with Crippen LogP contribution in [0.3, 0.4) is 0 Å². The summed E-state index contributed by atoms with van der Waals surface area (Å²) in [5.41, 5.74) is 1.30. The largest absolute Gasteiger partial charge is 0.464 e. The van der Waals surface area contributed by atoms with Crippen molar-refractivity contribution in [2.75, 3.05) is 6.54 Å². The van der Waals surface area contributed by atoms with E-state index in [-0.39, 0.29) is 11.8 Å². The molecule has 0 aliphatic carbocycles. The van der Waals surface area contributed by atoms with Gasteiger partial charge < -0.3 is 9.73 Å². The Morgan fingerprint density at radius 3 is 2.84 bits per heavy atom. The lowest BCUT2D eigenvalue weighted by Gasteiger charge is -2.17. The van der Waals surface area contributed by atoms with Gasteiger partial charge in [0.05, 0.1) is 12.3 Å². The van der Waals surface area contributed by atoms with Crippen molar-refractivity contribution in [2.45, 2.75) is 24.2 Å². The maximum Gasteiger partial charge on any atom is 0.179 e. The number of Topliss-reactive ketones (excluding diaryl/α,β-unsaturated/α-hetero) is 1. The van der Waals surface area contributed by atoms with Crippen LogP contribution in [0, 0.1) is 0 Å². The van der Waals surface area contributed by atoms with Gasteiger partial charge in [0.1, 0.15) is 10.4 Å². The molecule has 2 rings (SSSR count). The van der Waals surface area contributed by atoms with Gasteiger partial charge in [-0.2, -0.15) is 0 Å². The van der Waals surface area contributed by atoms with Gasteiger partial charge in [-0.1, -0.05) is 19.1 Å². The number of hydrogen-bond donors (Lipinski definition) is 1. The highest BCUT2D eigenvalue weighted by Gasteiger charge is 2.22. The molecule has 0 aliphatic heterocycles. The highest BCUT2D eigenvalue weighted by atomic mass is 35.5. The number of nitrogens with one attached hydrogen (secondary N) is 1. The van der Waals surface area contributed by atoms with E-state index < -0.39 is 4.84 Å². The molecule has 0 radical (unpaired) electrons. The number of alkyl halides is 2.